The minimum Gasteiger partial charge on any atom is -0.378 e. The van der Waals surface area contributed by atoms with Crippen LogP contribution in [0.1, 0.15) is 36.0 Å². The van der Waals surface area contributed by atoms with Crippen molar-refractivity contribution in [1.82, 2.24) is 24.8 Å². The maximum absolute atomic E-state index is 13.0. The molecule has 6 heterocycles. The van der Waals surface area contributed by atoms with Gasteiger partial charge in [0.05, 0.1) is 32.0 Å². The van der Waals surface area contributed by atoms with Gasteiger partial charge < -0.3 is 39.7 Å². The molecule has 8 rings (SSSR count). The summed E-state index contributed by atoms with van der Waals surface area (Å²) in [5.41, 5.74) is 2.69. The second-order valence-corrected chi connectivity index (χ2v) is 12.9. The van der Waals surface area contributed by atoms with Gasteiger partial charge in [0.1, 0.15) is 0 Å². The molecule has 5 saturated heterocycles. The van der Waals surface area contributed by atoms with E-state index in [-0.39, 0.29) is 24.1 Å². The Labute approximate surface area is 275 Å². The molecule has 248 valence electrons. The summed E-state index contributed by atoms with van der Waals surface area (Å²) in [6.07, 6.45) is 4.29. The molecule has 5 aliphatic rings. The van der Waals surface area contributed by atoms with Crippen molar-refractivity contribution < 1.29 is 19.1 Å². The molecule has 3 aromatic rings. The number of ether oxygens (including phenoxy) is 2. The molecule has 0 aliphatic carbocycles. The van der Waals surface area contributed by atoms with Crippen molar-refractivity contribution in [3.05, 3.63) is 54.1 Å². The van der Waals surface area contributed by atoms with Crippen LogP contribution < -0.4 is 20.4 Å². The number of anilines is 4. The fraction of sp³-hybridized carbons (Fsp3) is 0.500. The average molecular weight is 642 g/mol. The van der Waals surface area contributed by atoms with Crippen molar-refractivity contribution in [2.45, 2.75) is 43.9 Å². The quantitative estimate of drug-likeness (QED) is 0.395. The molecule has 2 bridgehead atoms. The molecule has 2 atom stereocenters. The molecular formula is C34H43N9O4. The van der Waals surface area contributed by atoms with E-state index in [1.807, 2.05) is 29.2 Å². The van der Waals surface area contributed by atoms with Crippen molar-refractivity contribution in [1.29, 1.82) is 0 Å². The number of nitrogens with zero attached hydrogens (tertiary/aromatic N) is 7. The number of carbonyl (C=O) groups excluding carboxylic acids is 2. The van der Waals surface area contributed by atoms with Gasteiger partial charge in [-0.05, 0) is 88.3 Å². The molecular weight excluding hydrogens is 598 g/mol. The Morgan fingerprint density at radius 2 is 1.47 bits per heavy atom. The Morgan fingerprint density at radius 3 is 2.06 bits per heavy atom. The van der Waals surface area contributed by atoms with Crippen LogP contribution in [0.25, 0.3) is 11.4 Å². The van der Waals surface area contributed by atoms with Gasteiger partial charge in [0.25, 0.3) is 5.91 Å². The minimum atomic E-state index is -0.373. The van der Waals surface area contributed by atoms with Crippen LogP contribution in [0.15, 0.2) is 48.5 Å². The number of urea groups is 1. The number of rotatable bonds is 7. The molecule has 13 nitrogen and oxygen atoms in total. The van der Waals surface area contributed by atoms with Crippen LogP contribution in [0.5, 0.6) is 0 Å². The lowest BCUT2D eigenvalue weighted by Gasteiger charge is -2.45. The van der Waals surface area contributed by atoms with Gasteiger partial charge in [0, 0.05) is 61.3 Å². The lowest BCUT2D eigenvalue weighted by Crippen LogP contribution is -2.55. The smallest absolute Gasteiger partial charge is 0.323 e. The van der Waals surface area contributed by atoms with Crippen LogP contribution in [-0.2, 0) is 9.47 Å². The van der Waals surface area contributed by atoms with E-state index in [2.05, 4.69) is 39.4 Å². The number of benzene rings is 2. The maximum atomic E-state index is 13.0. The van der Waals surface area contributed by atoms with E-state index in [4.69, 9.17) is 24.4 Å². The molecule has 13 heteroatoms. The first-order valence-corrected chi connectivity index (χ1v) is 16.6. The van der Waals surface area contributed by atoms with E-state index in [1.165, 1.54) is 0 Å². The Bertz CT molecular complexity index is 1550. The molecule has 47 heavy (non-hydrogen) atoms. The van der Waals surface area contributed by atoms with E-state index in [1.54, 1.807) is 24.3 Å². The van der Waals surface area contributed by atoms with Crippen molar-refractivity contribution in [2.24, 2.45) is 0 Å². The average Bonchev–Trinajstić information content (AvgIpc) is 3.12. The molecule has 5 fully saturated rings. The van der Waals surface area contributed by atoms with Crippen LogP contribution in [0, 0.1) is 0 Å². The van der Waals surface area contributed by atoms with Crippen LogP contribution in [0.3, 0.4) is 0 Å². The molecule has 5 aliphatic heterocycles. The molecule has 1 aromatic heterocycles. The predicted octanol–water partition coefficient (Wildman–Crippen LogP) is 3.55. The Morgan fingerprint density at radius 1 is 0.809 bits per heavy atom. The number of hydrogen-bond acceptors (Lipinski definition) is 10. The Hall–Kier alpha value is -4.33. The summed E-state index contributed by atoms with van der Waals surface area (Å²) in [6.45, 7) is 5.71. The largest absolute Gasteiger partial charge is 0.378 e. The number of likely N-dealkylation sites (tertiary alicyclic amines) is 1. The lowest BCUT2D eigenvalue weighted by atomic mass is 9.97. The third kappa shape index (κ3) is 7.16. The third-order valence-electron chi connectivity index (χ3n) is 9.62. The van der Waals surface area contributed by atoms with E-state index < -0.39 is 0 Å². The zero-order valence-electron chi connectivity index (χ0n) is 27.1. The van der Waals surface area contributed by atoms with Gasteiger partial charge >= 0.3 is 6.03 Å². The number of amides is 3. The Kier molecular flexibility index (Phi) is 9.18. The summed E-state index contributed by atoms with van der Waals surface area (Å²) in [7, 11) is 4.17. The van der Waals surface area contributed by atoms with Gasteiger partial charge in [0.15, 0.2) is 5.82 Å². The number of hydrogen-bond donors (Lipinski definition) is 2. The van der Waals surface area contributed by atoms with Crippen LogP contribution in [0.2, 0.25) is 0 Å². The van der Waals surface area contributed by atoms with Crippen molar-refractivity contribution in [3.63, 3.8) is 0 Å². The van der Waals surface area contributed by atoms with Crippen LogP contribution in [-0.4, -0.2) is 122 Å². The number of aromatic nitrogens is 3. The highest BCUT2D eigenvalue weighted by atomic mass is 16.5. The summed E-state index contributed by atoms with van der Waals surface area (Å²) >= 11 is 0. The summed E-state index contributed by atoms with van der Waals surface area (Å²) in [5, 5.41) is 5.75. The van der Waals surface area contributed by atoms with Gasteiger partial charge in [0.2, 0.25) is 11.9 Å². The van der Waals surface area contributed by atoms with Gasteiger partial charge in [-0.3, -0.25) is 4.79 Å². The van der Waals surface area contributed by atoms with Gasteiger partial charge in [-0.15, -0.1) is 0 Å². The molecule has 0 radical (unpaired) electrons. The zero-order chi connectivity index (χ0) is 32.3. The lowest BCUT2D eigenvalue weighted by molar-refractivity contribution is -0.0232. The molecule has 2 unspecified atom stereocenters. The van der Waals surface area contributed by atoms with E-state index in [9.17, 15) is 9.59 Å². The predicted molar refractivity (Wildman–Crippen MR) is 180 cm³/mol. The molecule has 0 spiro atoms. The van der Waals surface area contributed by atoms with E-state index in [0.29, 0.717) is 60.5 Å². The van der Waals surface area contributed by atoms with Gasteiger partial charge in [-0.25, -0.2) is 4.79 Å². The van der Waals surface area contributed by atoms with E-state index >= 15 is 0 Å². The Balaban J connectivity index is 0.992. The molecule has 0 saturated carbocycles. The first-order valence-electron chi connectivity index (χ1n) is 16.6. The van der Waals surface area contributed by atoms with Crippen molar-refractivity contribution in [3.8, 4) is 11.4 Å². The van der Waals surface area contributed by atoms with Crippen molar-refractivity contribution in [2.75, 3.05) is 87.1 Å². The highest BCUT2D eigenvalue weighted by Crippen LogP contribution is 2.31. The minimum absolute atomic E-state index is 0.0258. The van der Waals surface area contributed by atoms with Gasteiger partial charge in [-0.2, -0.15) is 15.0 Å². The third-order valence-corrected chi connectivity index (χ3v) is 9.62. The normalized spacial score (nSPS) is 21.6. The fourth-order valence-electron chi connectivity index (χ4n) is 6.77. The summed E-state index contributed by atoms with van der Waals surface area (Å²) in [5.74, 6) is 1.95. The molecule has 2 N–H and O–H groups in total. The SMILES string of the molecule is CN(C)C1CCN(C(=O)c2ccc(NC(=O)Nc3ccc(-c4nc(N5CCOCC5)nc(N5CC6CCC5CO6)n4)cc3)cc2)CC1. The summed E-state index contributed by atoms with van der Waals surface area (Å²) in [4.78, 5) is 49.0. The first kappa shape index (κ1) is 31.3. The fourth-order valence-corrected chi connectivity index (χ4v) is 6.77. The first-order chi connectivity index (χ1) is 22.9. The standard InChI is InChI=1S/C34H43N9O4/c1-40(2)27-13-15-41(16-14-27)31(44)24-5-9-26(10-6-24)36-34(45)35-25-7-3-23(4-8-25)30-37-32(42-17-19-46-20-18-42)39-33(38-30)43-21-29-12-11-28(43)22-47-29/h3-10,27-29H,11-22H2,1-2H3,(H2,35,36,45). The highest BCUT2D eigenvalue weighted by Gasteiger charge is 2.36. The summed E-state index contributed by atoms with van der Waals surface area (Å²) < 4.78 is 11.5. The number of carbonyl (C=O) groups is 2. The van der Waals surface area contributed by atoms with Crippen molar-refractivity contribution >= 4 is 35.2 Å². The molecule has 2 aromatic carbocycles. The highest BCUT2D eigenvalue weighted by molar-refractivity contribution is 6.00. The summed E-state index contributed by atoms with van der Waals surface area (Å²) in [6, 6.07) is 14.9. The van der Waals surface area contributed by atoms with E-state index in [0.717, 1.165) is 64.0 Å². The second kappa shape index (κ2) is 13.8. The molecule has 3 amide bonds. The second-order valence-electron chi connectivity index (χ2n) is 12.9. The topological polar surface area (TPSA) is 128 Å². The van der Waals surface area contributed by atoms with Crippen LogP contribution >= 0.6 is 0 Å². The zero-order valence-corrected chi connectivity index (χ0v) is 27.1. The monoisotopic (exact) mass is 641 g/mol. The number of fused-ring (bicyclic) bond motifs is 3. The number of piperidine rings is 2. The number of nitrogens with one attached hydrogen (secondary N) is 2. The van der Waals surface area contributed by atoms with Gasteiger partial charge in [-0.1, -0.05) is 0 Å². The number of morpholine rings is 2. The maximum Gasteiger partial charge on any atom is 0.323 e. The van der Waals surface area contributed by atoms with Crippen LogP contribution in [0.4, 0.5) is 28.1 Å².